The third-order valence-corrected chi connectivity index (χ3v) is 4.74. The highest BCUT2D eigenvalue weighted by molar-refractivity contribution is 5.79. The summed E-state index contributed by atoms with van der Waals surface area (Å²) in [5.41, 5.74) is -1.34. The molecule has 0 fully saturated rings. The van der Waals surface area contributed by atoms with Gasteiger partial charge < -0.3 is 20.1 Å². The summed E-state index contributed by atoms with van der Waals surface area (Å²) in [5, 5.41) is 10.0. The Bertz CT molecular complexity index is 957. The summed E-state index contributed by atoms with van der Waals surface area (Å²) < 4.78 is 52.2. The van der Waals surface area contributed by atoms with Crippen molar-refractivity contribution in [2.45, 2.75) is 51.9 Å². The first-order chi connectivity index (χ1) is 13.9. The van der Waals surface area contributed by atoms with Crippen molar-refractivity contribution in [3.05, 3.63) is 17.5 Å². The van der Waals surface area contributed by atoms with Gasteiger partial charge in [0.2, 0.25) is 11.8 Å². The van der Waals surface area contributed by atoms with Crippen LogP contribution < -0.4 is 15.4 Å². The zero-order valence-corrected chi connectivity index (χ0v) is 17.2. The number of nitrogens with one attached hydrogen (secondary N) is 2. The van der Waals surface area contributed by atoms with Crippen LogP contribution in [0.1, 0.15) is 38.4 Å². The van der Waals surface area contributed by atoms with E-state index in [-0.39, 0.29) is 30.3 Å². The minimum Gasteiger partial charge on any atom is -0.476 e. The number of methoxy groups -OCH3 is 1. The lowest BCUT2D eigenvalue weighted by Gasteiger charge is -2.24. The molecule has 30 heavy (non-hydrogen) atoms. The van der Waals surface area contributed by atoms with Gasteiger partial charge in [0.05, 0.1) is 19.4 Å². The van der Waals surface area contributed by atoms with Gasteiger partial charge in [-0.1, -0.05) is 0 Å². The number of halogens is 3. The molecule has 0 aliphatic carbocycles. The van der Waals surface area contributed by atoms with Crippen molar-refractivity contribution in [1.29, 1.82) is 0 Å². The molecule has 2 bridgehead atoms. The van der Waals surface area contributed by atoms with E-state index in [0.717, 1.165) is 6.20 Å². The first kappa shape index (κ1) is 21.7. The highest BCUT2D eigenvalue weighted by Crippen LogP contribution is 2.38. The van der Waals surface area contributed by atoms with E-state index in [1.807, 2.05) is 0 Å². The molecule has 12 heteroatoms. The zero-order chi connectivity index (χ0) is 22.3. The van der Waals surface area contributed by atoms with Crippen LogP contribution in [0.25, 0.3) is 0 Å². The average molecular weight is 428 g/mol. The number of rotatable bonds is 2. The summed E-state index contributed by atoms with van der Waals surface area (Å²) in [6.07, 6.45) is -3.51. The van der Waals surface area contributed by atoms with Gasteiger partial charge in [-0.2, -0.15) is 23.3 Å². The van der Waals surface area contributed by atoms with Gasteiger partial charge in [-0.05, 0) is 27.7 Å². The number of esters is 1. The molecule has 164 valence electrons. The monoisotopic (exact) mass is 428 g/mol. The Morgan fingerprint density at radius 2 is 2.07 bits per heavy atom. The molecule has 3 heterocycles. The molecule has 2 N–H and O–H groups in total. The number of hydrogen-bond acceptors (Lipinski definition) is 8. The predicted molar refractivity (Wildman–Crippen MR) is 102 cm³/mol. The van der Waals surface area contributed by atoms with Gasteiger partial charge >= 0.3 is 12.1 Å². The normalized spacial score (nSPS) is 17.0. The summed E-state index contributed by atoms with van der Waals surface area (Å²) in [4.78, 5) is 20.1. The van der Waals surface area contributed by atoms with Crippen molar-refractivity contribution >= 4 is 23.4 Å². The summed E-state index contributed by atoms with van der Waals surface area (Å²) in [5.74, 6) is -0.685. The van der Waals surface area contributed by atoms with Crippen LogP contribution in [0.15, 0.2) is 6.20 Å². The summed E-state index contributed by atoms with van der Waals surface area (Å²) >= 11 is 0. The molecule has 0 radical (unpaired) electrons. The quantitative estimate of drug-likeness (QED) is 0.703. The topological polar surface area (TPSA) is 103 Å². The largest absolute Gasteiger partial charge is 0.476 e. The molecule has 2 aromatic heterocycles. The number of hydrogen-bond donors (Lipinski definition) is 2. The number of nitrogens with zero attached hydrogens (tertiary/aromatic N) is 4. The molecular formula is C18H23F3N6O3. The first-order valence-corrected chi connectivity index (χ1v) is 9.24. The Morgan fingerprint density at radius 1 is 1.37 bits per heavy atom. The molecular weight excluding hydrogens is 405 g/mol. The van der Waals surface area contributed by atoms with Crippen LogP contribution in [-0.4, -0.2) is 45.5 Å². The molecule has 0 unspecified atom stereocenters. The second-order valence-electron chi connectivity index (χ2n) is 7.49. The number of carbonyl (C=O) groups excluding carboxylic acids is 1. The van der Waals surface area contributed by atoms with E-state index < -0.39 is 23.2 Å². The van der Waals surface area contributed by atoms with Gasteiger partial charge in [0.25, 0.3) is 0 Å². The molecule has 1 atom stereocenters. The first-order valence-electron chi connectivity index (χ1n) is 9.24. The molecule has 0 saturated carbocycles. The van der Waals surface area contributed by atoms with E-state index in [1.54, 1.807) is 27.7 Å². The van der Waals surface area contributed by atoms with E-state index >= 15 is 0 Å². The fourth-order valence-corrected chi connectivity index (χ4v) is 3.01. The van der Waals surface area contributed by atoms with Crippen LogP contribution in [0, 0.1) is 6.92 Å². The predicted octanol–water partition coefficient (Wildman–Crippen LogP) is 3.23. The van der Waals surface area contributed by atoms with Crippen molar-refractivity contribution in [2.75, 3.05) is 24.4 Å². The minimum absolute atomic E-state index is 0.0667. The molecule has 0 amide bonds. The molecule has 0 aromatic carbocycles. The Labute approximate surface area is 171 Å². The fourth-order valence-electron chi connectivity index (χ4n) is 3.01. The van der Waals surface area contributed by atoms with Crippen LogP contribution in [-0.2, 0) is 21.2 Å². The maximum Gasteiger partial charge on any atom is 0.421 e. The average Bonchev–Trinajstić information content (AvgIpc) is 2.95. The molecule has 1 aliphatic heterocycles. The lowest BCUT2D eigenvalue weighted by molar-refractivity contribution is -0.150. The number of aryl methyl sites for hydroxylation is 1. The Kier molecular flexibility index (Phi) is 5.52. The van der Waals surface area contributed by atoms with Gasteiger partial charge in [-0.3, -0.25) is 0 Å². The van der Waals surface area contributed by atoms with Crippen molar-refractivity contribution in [3.63, 3.8) is 0 Å². The third kappa shape index (κ3) is 3.98. The van der Waals surface area contributed by atoms with Crippen LogP contribution in [0.3, 0.4) is 0 Å². The van der Waals surface area contributed by atoms with Gasteiger partial charge in [0.1, 0.15) is 17.1 Å². The van der Waals surface area contributed by atoms with E-state index in [2.05, 4.69) is 25.7 Å². The van der Waals surface area contributed by atoms with Crippen molar-refractivity contribution < 1.29 is 27.4 Å². The number of fused-ring (bicyclic) bond motifs is 3. The van der Waals surface area contributed by atoms with Crippen molar-refractivity contribution in [2.24, 2.45) is 0 Å². The Balaban J connectivity index is 2.12. The number of ether oxygens (including phenoxy) is 2. The minimum atomic E-state index is -4.60. The van der Waals surface area contributed by atoms with Crippen molar-refractivity contribution in [1.82, 2.24) is 19.7 Å². The maximum absolute atomic E-state index is 13.3. The smallest absolute Gasteiger partial charge is 0.421 e. The fraction of sp³-hybridized carbons (Fsp3) is 0.556. The van der Waals surface area contributed by atoms with E-state index in [9.17, 15) is 18.0 Å². The van der Waals surface area contributed by atoms with Crippen molar-refractivity contribution in [3.8, 4) is 5.88 Å². The van der Waals surface area contributed by atoms with E-state index in [0.29, 0.717) is 17.8 Å². The lowest BCUT2D eigenvalue weighted by atomic mass is 10.1. The van der Waals surface area contributed by atoms with E-state index in [4.69, 9.17) is 9.47 Å². The SMILES string of the molecule is COC(=O)C(C)(C)n1nc(C)c2c1OCC[C@@H](C)Nc1nc(ncc1C(F)(F)F)N2. The molecule has 9 nitrogen and oxygen atoms in total. The molecule has 0 saturated heterocycles. The molecule has 3 rings (SSSR count). The van der Waals surface area contributed by atoms with Crippen LogP contribution in [0.2, 0.25) is 0 Å². The van der Waals surface area contributed by atoms with Gasteiger partial charge in [-0.25, -0.2) is 14.5 Å². The number of aromatic nitrogens is 4. The summed E-state index contributed by atoms with van der Waals surface area (Å²) in [7, 11) is 1.27. The number of alkyl halides is 3. The second-order valence-corrected chi connectivity index (χ2v) is 7.49. The Hall–Kier alpha value is -3.05. The molecule has 2 aromatic rings. The number of anilines is 3. The summed E-state index contributed by atoms with van der Waals surface area (Å²) in [6.45, 7) is 6.80. The maximum atomic E-state index is 13.3. The zero-order valence-electron chi connectivity index (χ0n) is 17.2. The van der Waals surface area contributed by atoms with E-state index in [1.165, 1.54) is 11.8 Å². The van der Waals surface area contributed by atoms with Gasteiger partial charge in [0.15, 0.2) is 5.54 Å². The highest BCUT2D eigenvalue weighted by Gasteiger charge is 2.38. The molecule has 1 aliphatic rings. The van der Waals surface area contributed by atoms with Gasteiger partial charge in [-0.15, -0.1) is 0 Å². The lowest BCUT2D eigenvalue weighted by Crippen LogP contribution is -2.38. The van der Waals surface area contributed by atoms with Crippen LogP contribution in [0.5, 0.6) is 5.88 Å². The standard InChI is InChI=1S/C18H23F3N6O3/c1-9-6-7-30-14-12(10(2)26-27(14)17(3,4)15(28)29-5)24-16-22-8-11(18(19,20)21)13(23-9)25-16/h8-9H,6-7H2,1-5H3,(H2,22,23,24,25)/t9-/m1/s1. The second kappa shape index (κ2) is 7.65. The van der Waals surface area contributed by atoms with Gasteiger partial charge in [0, 0.05) is 18.7 Å². The third-order valence-electron chi connectivity index (χ3n) is 4.74. The summed E-state index contributed by atoms with van der Waals surface area (Å²) in [6, 6.07) is -0.374. The molecule has 0 spiro atoms. The van der Waals surface area contributed by atoms with Crippen LogP contribution in [0.4, 0.5) is 30.6 Å². The number of carbonyl (C=O) groups is 1. The Morgan fingerprint density at radius 3 is 2.70 bits per heavy atom. The highest BCUT2D eigenvalue weighted by atomic mass is 19.4. The van der Waals surface area contributed by atoms with Crippen LogP contribution >= 0.6 is 0 Å².